The lowest BCUT2D eigenvalue weighted by atomic mass is 10.0. The number of ether oxygens (including phenoxy) is 2. The third-order valence-corrected chi connectivity index (χ3v) is 11.6. The summed E-state index contributed by atoms with van der Waals surface area (Å²) in [5, 5.41) is 5.28. The second-order valence-corrected chi connectivity index (χ2v) is 17.6. The first kappa shape index (κ1) is 41.5. The minimum Gasteiger partial charge on any atom is -0.444 e. The van der Waals surface area contributed by atoms with Gasteiger partial charge in [-0.3, -0.25) is 24.0 Å². The Morgan fingerprint density at radius 1 is 0.982 bits per heavy atom. The van der Waals surface area contributed by atoms with Gasteiger partial charge in [0.05, 0.1) is 13.1 Å². The van der Waals surface area contributed by atoms with Crippen LogP contribution in [0.1, 0.15) is 82.4 Å². The van der Waals surface area contributed by atoms with E-state index in [4.69, 9.17) is 9.47 Å². The van der Waals surface area contributed by atoms with Crippen molar-refractivity contribution in [3.05, 3.63) is 82.7 Å². The fourth-order valence-corrected chi connectivity index (χ4v) is 8.66. The first-order valence-electron chi connectivity index (χ1n) is 18.8. The molecule has 2 aromatic carbocycles. The molecule has 0 aromatic heterocycles. The average molecular weight is 818 g/mol. The van der Waals surface area contributed by atoms with Crippen LogP contribution in [-0.2, 0) is 52.7 Å². The van der Waals surface area contributed by atoms with E-state index in [9.17, 15) is 45.6 Å². The van der Waals surface area contributed by atoms with Crippen molar-refractivity contribution >= 4 is 39.9 Å². The Bertz CT molecular complexity index is 2060. The number of rotatable bonds is 6. The minimum absolute atomic E-state index is 0.0291. The van der Waals surface area contributed by atoms with Crippen molar-refractivity contribution < 1.29 is 55.0 Å². The molecule has 3 aliphatic heterocycles. The monoisotopic (exact) mass is 817 g/mol. The van der Waals surface area contributed by atoms with E-state index in [1.54, 1.807) is 39.0 Å². The molecule has 14 nitrogen and oxygen atoms in total. The maximum Gasteiger partial charge on any atom is 0.410 e. The van der Waals surface area contributed by atoms with E-state index in [-0.39, 0.29) is 38.9 Å². The smallest absolute Gasteiger partial charge is 0.410 e. The average Bonchev–Trinajstić information content (AvgIpc) is 3.40. The Balaban J connectivity index is 1.26. The third kappa shape index (κ3) is 9.71. The Kier molecular flexibility index (Phi) is 11.9. The van der Waals surface area contributed by atoms with E-state index in [2.05, 4.69) is 10.6 Å². The summed E-state index contributed by atoms with van der Waals surface area (Å²) < 4.78 is 82.5. The molecular formula is C39H46F3N5O9S. The molecule has 0 radical (unpaired) electrons. The van der Waals surface area contributed by atoms with Crippen molar-refractivity contribution in [3.63, 3.8) is 0 Å². The molecule has 18 heteroatoms. The van der Waals surface area contributed by atoms with E-state index >= 15 is 0 Å². The lowest BCUT2D eigenvalue weighted by molar-refractivity contribution is -0.141. The lowest BCUT2D eigenvalue weighted by Gasteiger charge is -2.30. The number of hydrogen-bond donors (Lipinski definition) is 3. The maximum absolute atomic E-state index is 14.5. The largest absolute Gasteiger partial charge is 0.444 e. The predicted octanol–water partition coefficient (Wildman–Crippen LogP) is 4.46. The van der Waals surface area contributed by atoms with Crippen molar-refractivity contribution in [1.29, 1.82) is 0 Å². The second kappa shape index (κ2) is 16.4. The summed E-state index contributed by atoms with van der Waals surface area (Å²) in [6.07, 6.45) is 3.06. The van der Waals surface area contributed by atoms with Crippen LogP contribution in [0.3, 0.4) is 0 Å². The molecule has 0 spiro atoms. The Morgan fingerprint density at radius 2 is 1.68 bits per heavy atom. The standard InChI is InChI=1S/C39H46F3N5O9S/c1-38(2,3)56-36(51)43-31-16-8-6-4-5-7-12-24-18-39(24,35(50)45-57(53,54)22-27-29(41)14-10-15-30(27)42)44-33(48)32-17-25(20-47(32)34(31)49)55-37(52)46-19-23-11-9-13-28(40)26(23)21-46/h7,9-15,24-25,31-32H,4-6,8,16-22H2,1-3H3,(H,43,51)(H,44,48)(H,45,50)/b12-7-/t24-,25-,31+,32+,39-/m1/s1. The van der Waals surface area contributed by atoms with Gasteiger partial charge >= 0.3 is 12.2 Å². The normalized spacial score (nSPS) is 25.8. The highest BCUT2D eigenvalue weighted by atomic mass is 32.2. The molecule has 0 unspecified atom stereocenters. The number of nitrogens with one attached hydrogen (secondary N) is 3. The fourth-order valence-electron chi connectivity index (χ4n) is 7.47. The summed E-state index contributed by atoms with van der Waals surface area (Å²) in [4.78, 5) is 71.2. The molecule has 0 bridgehead atoms. The quantitative estimate of drug-likeness (QED) is 0.355. The number of nitrogens with zero attached hydrogens (tertiary/aromatic N) is 2. The SMILES string of the molecule is CC(C)(C)OC(=O)N[C@H]1CCCCC/C=C\[C@@H]2C[C@@]2(C(=O)NS(=O)(=O)Cc2c(F)cccc2F)NC(=O)[C@@H]2C[C@@H](OC(=O)N3Cc4cccc(F)c4C3)CN2C1=O. The van der Waals surface area contributed by atoms with E-state index < -0.39 is 104 Å². The Labute approximate surface area is 328 Å². The van der Waals surface area contributed by atoms with E-state index in [1.165, 1.54) is 17.0 Å². The molecule has 57 heavy (non-hydrogen) atoms. The van der Waals surface area contributed by atoms with Crippen LogP contribution in [0, 0.1) is 23.4 Å². The highest BCUT2D eigenvalue weighted by Gasteiger charge is 2.61. The molecule has 5 amide bonds. The van der Waals surface area contributed by atoms with E-state index in [0.29, 0.717) is 36.8 Å². The van der Waals surface area contributed by atoms with Crippen molar-refractivity contribution in [1.82, 2.24) is 25.2 Å². The second-order valence-electron chi connectivity index (χ2n) is 15.9. The fraction of sp³-hybridized carbons (Fsp3) is 0.513. The van der Waals surface area contributed by atoms with Crippen LogP contribution in [0.15, 0.2) is 48.6 Å². The van der Waals surface area contributed by atoms with Gasteiger partial charge in [-0.1, -0.05) is 43.2 Å². The van der Waals surface area contributed by atoms with Crippen molar-refractivity contribution in [2.45, 2.75) is 114 Å². The van der Waals surface area contributed by atoms with Crippen LogP contribution in [0.5, 0.6) is 0 Å². The number of carbonyl (C=O) groups excluding carboxylic acids is 5. The van der Waals surface area contributed by atoms with E-state index in [0.717, 1.165) is 23.1 Å². The van der Waals surface area contributed by atoms with Gasteiger partial charge in [0.25, 0.3) is 5.91 Å². The number of fused-ring (bicyclic) bond motifs is 3. The van der Waals surface area contributed by atoms with Crippen molar-refractivity contribution in [2.24, 2.45) is 5.92 Å². The number of amides is 5. The molecule has 2 fully saturated rings. The molecule has 1 saturated carbocycles. The Morgan fingerprint density at radius 3 is 2.39 bits per heavy atom. The molecular weight excluding hydrogens is 772 g/mol. The van der Waals surface area contributed by atoms with Crippen LogP contribution in [0.2, 0.25) is 0 Å². The molecule has 308 valence electrons. The highest BCUT2D eigenvalue weighted by Crippen LogP contribution is 2.46. The van der Waals surface area contributed by atoms with Gasteiger partial charge in [-0.2, -0.15) is 0 Å². The number of hydrogen-bond acceptors (Lipinski definition) is 9. The minimum atomic E-state index is -4.69. The van der Waals surface area contributed by atoms with Gasteiger partial charge in [0, 0.05) is 30.0 Å². The maximum atomic E-state index is 14.5. The summed E-state index contributed by atoms with van der Waals surface area (Å²) in [5.74, 6) is -7.28. The van der Waals surface area contributed by atoms with Crippen LogP contribution in [0.4, 0.5) is 22.8 Å². The molecule has 1 saturated heterocycles. The van der Waals surface area contributed by atoms with Crippen LogP contribution in [0.25, 0.3) is 0 Å². The van der Waals surface area contributed by atoms with Gasteiger partial charge in [-0.15, -0.1) is 0 Å². The lowest BCUT2D eigenvalue weighted by Crippen LogP contribution is -2.58. The zero-order valence-electron chi connectivity index (χ0n) is 31.8. The number of benzene rings is 2. The first-order valence-corrected chi connectivity index (χ1v) is 20.5. The van der Waals surface area contributed by atoms with E-state index in [1.807, 2.05) is 4.72 Å². The van der Waals surface area contributed by atoms with Crippen LogP contribution in [-0.4, -0.2) is 84.0 Å². The zero-order valence-corrected chi connectivity index (χ0v) is 32.6. The van der Waals surface area contributed by atoms with Gasteiger partial charge in [0.15, 0.2) is 0 Å². The zero-order chi connectivity index (χ0) is 41.3. The van der Waals surface area contributed by atoms with Gasteiger partial charge in [0.1, 0.15) is 52.5 Å². The topological polar surface area (TPSA) is 181 Å². The van der Waals surface area contributed by atoms with Gasteiger partial charge < -0.3 is 25.0 Å². The highest BCUT2D eigenvalue weighted by molar-refractivity contribution is 7.89. The Hall–Kier alpha value is -5.13. The van der Waals surface area contributed by atoms with Crippen LogP contribution >= 0.6 is 0 Å². The van der Waals surface area contributed by atoms with Crippen LogP contribution < -0.4 is 15.4 Å². The van der Waals surface area contributed by atoms with Crippen molar-refractivity contribution in [3.8, 4) is 0 Å². The van der Waals surface area contributed by atoms with Gasteiger partial charge in [-0.25, -0.2) is 31.2 Å². The number of alkyl carbamates (subject to hydrolysis) is 1. The molecule has 5 atom stereocenters. The summed E-state index contributed by atoms with van der Waals surface area (Å²) in [5.41, 5.74) is -2.53. The van der Waals surface area contributed by atoms with Gasteiger partial charge in [0.2, 0.25) is 21.8 Å². The first-order chi connectivity index (χ1) is 26.9. The number of halogens is 3. The number of sulfonamides is 1. The van der Waals surface area contributed by atoms with Gasteiger partial charge in [-0.05, 0) is 70.2 Å². The summed E-state index contributed by atoms with van der Waals surface area (Å²) >= 11 is 0. The number of carbonyl (C=O) groups is 5. The van der Waals surface area contributed by atoms with Crippen molar-refractivity contribution in [2.75, 3.05) is 6.54 Å². The molecule has 6 rings (SSSR count). The number of allylic oxidation sites excluding steroid dienone is 1. The predicted molar refractivity (Wildman–Crippen MR) is 198 cm³/mol. The summed E-state index contributed by atoms with van der Waals surface area (Å²) in [7, 11) is -4.69. The third-order valence-electron chi connectivity index (χ3n) is 10.4. The molecule has 1 aliphatic carbocycles. The molecule has 3 N–H and O–H groups in total. The summed E-state index contributed by atoms with van der Waals surface area (Å²) in [6.45, 7) is 4.71. The molecule has 2 aromatic rings. The summed E-state index contributed by atoms with van der Waals surface area (Å²) in [6, 6.07) is 4.81. The molecule has 4 aliphatic rings. The molecule has 3 heterocycles.